The van der Waals surface area contributed by atoms with Gasteiger partial charge in [-0.3, -0.25) is 9.59 Å². The first-order valence-corrected chi connectivity index (χ1v) is 11.2. The first-order valence-electron chi connectivity index (χ1n) is 10.8. The van der Waals surface area contributed by atoms with Gasteiger partial charge in [0, 0.05) is 36.8 Å². The number of rotatable bonds is 7. The molecule has 0 aliphatic carbocycles. The third-order valence-corrected chi connectivity index (χ3v) is 5.70. The van der Waals surface area contributed by atoms with Crippen molar-refractivity contribution in [1.29, 1.82) is 0 Å². The first kappa shape index (κ1) is 22.7. The van der Waals surface area contributed by atoms with Crippen molar-refractivity contribution < 1.29 is 19.1 Å². The van der Waals surface area contributed by atoms with Crippen LogP contribution in [-0.4, -0.2) is 54.4 Å². The molecule has 1 aliphatic heterocycles. The number of para-hydroxylation sites is 2. The zero-order valence-electron chi connectivity index (χ0n) is 18.2. The standard InChI is InChI=1S/C26H25ClN2O4/c27-22-12-10-21(11-13-22)26(31)29-16-14-28(15-17-29)25(30)19-33-24-9-5-4-8-23(24)32-18-20-6-2-1-3-7-20/h1-13H,14-19H2. The van der Waals surface area contributed by atoms with Crippen LogP contribution in [0.2, 0.25) is 5.02 Å². The molecule has 2 amide bonds. The van der Waals surface area contributed by atoms with Gasteiger partial charge in [0.2, 0.25) is 0 Å². The summed E-state index contributed by atoms with van der Waals surface area (Å²) in [5.74, 6) is 0.942. The van der Waals surface area contributed by atoms with E-state index in [1.165, 1.54) is 0 Å². The fourth-order valence-electron chi connectivity index (χ4n) is 3.59. The molecule has 1 saturated heterocycles. The van der Waals surface area contributed by atoms with Gasteiger partial charge in [-0.2, -0.15) is 0 Å². The lowest BCUT2D eigenvalue weighted by molar-refractivity contribution is -0.134. The summed E-state index contributed by atoms with van der Waals surface area (Å²) in [5, 5.41) is 0.592. The third-order valence-electron chi connectivity index (χ3n) is 5.45. The smallest absolute Gasteiger partial charge is 0.260 e. The fraction of sp³-hybridized carbons (Fsp3) is 0.231. The maximum Gasteiger partial charge on any atom is 0.260 e. The molecular formula is C26H25ClN2O4. The first-order chi connectivity index (χ1) is 16.1. The van der Waals surface area contributed by atoms with Crippen LogP contribution in [0.5, 0.6) is 11.5 Å². The van der Waals surface area contributed by atoms with Crippen molar-refractivity contribution >= 4 is 23.4 Å². The van der Waals surface area contributed by atoms with Crippen LogP contribution in [0.4, 0.5) is 0 Å². The molecule has 6 nitrogen and oxygen atoms in total. The van der Waals surface area contributed by atoms with Crippen molar-refractivity contribution in [2.75, 3.05) is 32.8 Å². The number of carbonyl (C=O) groups excluding carboxylic acids is 2. The van der Waals surface area contributed by atoms with Crippen LogP contribution in [0.15, 0.2) is 78.9 Å². The minimum atomic E-state index is -0.119. The minimum absolute atomic E-state index is 0.0560. The van der Waals surface area contributed by atoms with Crippen molar-refractivity contribution in [2.24, 2.45) is 0 Å². The maximum absolute atomic E-state index is 12.7. The lowest BCUT2D eigenvalue weighted by Crippen LogP contribution is -2.51. The molecular weight excluding hydrogens is 440 g/mol. The van der Waals surface area contributed by atoms with E-state index in [-0.39, 0.29) is 18.4 Å². The Morgan fingerprint density at radius 3 is 1.97 bits per heavy atom. The van der Waals surface area contributed by atoms with Crippen LogP contribution in [-0.2, 0) is 11.4 Å². The quantitative estimate of drug-likeness (QED) is 0.523. The van der Waals surface area contributed by atoms with E-state index < -0.39 is 0 Å². The van der Waals surface area contributed by atoms with E-state index in [9.17, 15) is 9.59 Å². The SMILES string of the molecule is O=C(COc1ccccc1OCc1ccccc1)N1CCN(C(=O)c2ccc(Cl)cc2)CC1. The molecule has 1 aliphatic rings. The summed E-state index contributed by atoms with van der Waals surface area (Å²) in [4.78, 5) is 28.8. The summed E-state index contributed by atoms with van der Waals surface area (Å²) in [5.41, 5.74) is 1.64. The van der Waals surface area contributed by atoms with E-state index in [0.29, 0.717) is 54.9 Å². The van der Waals surface area contributed by atoms with Gasteiger partial charge < -0.3 is 19.3 Å². The van der Waals surface area contributed by atoms with Crippen LogP contribution >= 0.6 is 11.6 Å². The zero-order chi connectivity index (χ0) is 23.0. The summed E-state index contributed by atoms with van der Waals surface area (Å²) in [6.45, 7) is 2.21. The lowest BCUT2D eigenvalue weighted by Gasteiger charge is -2.34. The molecule has 0 bridgehead atoms. The topological polar surface area (TPSA) is 59.1 Å². The predicted molar refractivity (Wildman–Crippen MR) is 127 cm³/mol. The second-order valence-corrected chi connectivity index (χ2v) is 8.13. The van der Waals surface area contributed by atoms with Gasteiger partial charge in [0.15, 0.2) is 18.1 Å². The molecule has 4 rings (SSSR count). The molecule has 7 heteroatoms. The molecule has 0 radical (unpaired) electrons. The lowest BCUT2D eigenvalue weighted by atomic mass is 10.2. The largest absolute Gasteiger partial charge is 0.485 e. The highest BCUT2D eigenvalue weighted by molar-refractivity contribution is 6.30. The molecule has 0 atom stereocenters. The number of hydrogen-bond donors (Lipinski definition) is 0. The maximum atomic E-state index is 12.7. The van der Waals surface area contributed by atoms with Crippen molar-refractivity contribution in [3.05, 3.63) is 95.0 Å². The number of amides is 2. The zero-order valence-corrected chi connectivity index (χ0v) is 18.9. The number of benzene rings is 3. The minimum Gasteiger partial charge on any atom is -0.485 e. The Bertz CT molecular complexity index is 1080. The monoisotopic (exact) mass is 464 g/mol. The Hall–Kier alpha value is -3.51. The number of hydrogen-bond acceptors (Lipinski definition) is 4. The molecule has 33 heavy (non-hydrogen) atoms. The van der Waals surface area contributed by atoms with E-state index in [1.54, 1.807) is 40.1 Å². The second-order valence-electron chi connectivity index (χ2n) is 7.69. The summed E-state index contributed by atoms with van der Waals surface area (Å²) in [6, 6.07) is 24.0. The van der Waals surface area contributed by atoms with E-state index in [0.717, 1.165) is 5.56 Å². The van der Waals surface area contributed by atoms with Crippen molar-refractivity contribution in [2.45, 2.75) is 6.61 Å². The van der Waals surface area contributed by atoms with Crippen molar-refractivity contribution in [3.8, 4) is 11.5 Å². The average molecular weight is 465 g/mol. The second kappa shape index (κ2) is 10.9. The van der Waals surface area contributed by atoms with Gasteiger partial charge in [-0.05, 0) is 42.0 Å². The van der Waals surface area contributed by atoms with Gasteiger partial charge in [0.25, 0.3) is 11.8 Å². The fourth-order valence-corrected chi connectivity index (χ4v) is 3.71. The summed E-state index contributed by atoms with van der Waals surface area (Å²) in [7, 11) is 0. The normalized spacial score (nSPS) is 13.5. The Labute approximate surface area is 198 Å². The van der Waals surface area contributed by atoms with Gasteiger partial charge in [0.05, 0.1) is 0 Å². The van der Waals surface area contributed by atoms with E-state index in [2.05, 4.69) is 0 Å². The molecule has 0 saturated carbocycles. The number of carbonyl (C=O) groups is 2. The third kappa shape index (κ3) is 6.05. The number of piperazine rings is 1. The van der Waals surface area contributed by atoms with Crippen LogP contribution in [0.25, 0.3) is 0 Å². The summed E-state index contributed by atoms with van der Waals surface area (Å²) < 4.78 is 11.7. The van der Waals surface area contributed by atoms with Crippen molar-refractivity contribution in [3.63, 3.8) is 0 Å². The van der Waals surface area contributed by atoms with Gasteiger partial charge in [0.1, 0.15) is 6.61 Å². The van der Waals surface area contributed by atoms with Crippen LogP contribution in [0.1, 0.15) is 15.9 Å². The number of nitrogens with zero attached hydrogens (tertiary/aromatic N) is 2. The highest BCUT2D eigenvalue weighted by Crippen LogP contribution is 2.27. The van der Waals surface area contributed by atoms with E-state index in [1.807, 2.05) is 48.5 Å². The Morgan fingerprint density at radius 1 is 0.727 bits per heavy atom. The molecule has 3 aromatic rings. The van der Waals surface area contributed by atoms with Crippen LogP contribution < -0.4 is 9.47 Å². The molecule has 0 aromatic heterocycles. The Balaban J connectivity index is 1.27. The highest BCUT2D eigenvalue weighted by atomic mass is 35.5. The average Bonchev–Trinajstić information content (AvgIpc) is 2.87. The molecule has 3 aromatic carbocycles. The molecule has 0 N–H and O–H groups in total. The molecule has 0 unspecified atom stereocenters. The van der Waals surface area contributed by atoms with E-state index >= 15 is 0 Å². The van der Waals surface area contributed by atoms with Crippen molar-refractivity contribution in [1.82, 2.24) is 9.80 Å². The summed E-state index contributed by atoms with van der Waals surface area (Å²) in [6.07, 6.45) is 0. The van der Waals surface area contributed by atoms with Gasteiger partial charge in [-0.15, -0.1) is 0 Å². The number of ether oxygens (including phenoxy) is 2. The van der Waals surface area contributed by atoms with Crippen LogP contribution in [0, 0.1) is 0 Å². The van der Waals surface area contributed by atoms with Gasteiger partial charge >= 0.3 is 0 Å². The number of halogens is 1. The highest BCUT2D eigenvalue weighted by Gasteiger charge is 2.25. The predicted octanol–water partition coefficient (Wildman–Crippen LogP) is 4.28. The molecule has 170 valence electrons. The summed E-state index contributed by atoms with van der Waals surface area (Å²) >= 11 is 5.90. The molecule has 0 spiro atoms. The molecule has 1 fully saturated rings. The van der Waals surface area contributed by atoms with Gasteiger partial charge in [-0.1, -0.05) is 54.1 Å². The Morgan fingerprint density at radius 2 is 1.30 bits per heavy atom. The van der Waals surface area contributed by atoms with Gasteiger partial charge in [-0.25, -0.2) is 0 Å². The molecule has 1 heterocycles. The Kier molecular flexibility index (Phi) is 7.47. The van der Waals surface area contributed by atoms with Crippen LogP contribution in [0.3, 0.4) is 0 Å². The van der Waals surface area contributed by atoms with E-state index in [4.69, 9.17) is 21.1 Å².